The predicted octanol–water partition coefficient (Wildman–Crippen LogP) is 2.84. The zero-order valence-electron chi connectivity index (χ0n) is 15.4. The Hall–Kier alpha value is -1.96. The van der Waals surface area contributed by atoms with Crippen molar-refractivity contribution < 1.29 is 19.0 Å². The summed E-state index contributed by atoms with van der Waals surface area (Å²) in [7, 11) is 0. The van der Waals surface area contributed by atoms with Crippen molar-refractivity contribution in [3.63, 3.8) is 0 Å². The molecular weight excluding hydrogens is 427 g/mol. The second-order valence-electron chi connectivity index (χ2n) is 7.27. The van der Waals surface area contributed by atoms with Crippen LogP contribution in [0.2, 0.25) is 0 Å². The summed E-state index contributed by atoms with van der Waals surface area (Å²) in [5.41, 5.74) is 2.56. The number of hydrogen-bond acceptors (Lipinski definition) is 4. The molecule has 2 heterocycles. The molecule has 0 fully saturated rings. The molecule has 0 aliphatic carbocycles. The molecule has 2 aromatic carbocycles. The van der Waals surface area contributed by atoms with Crippen LogP contribution in [0.5, 0.6) is 5.75 Å². The average Bonchev–Trinajstić information content (AvgIpc) is 2.80. The number of fused-ring (bicyclic) bond motifs is 2. The first-order valence-corrected chi connectivity index (χ1v) is 10.2. The van der Waals surface area contributed by atoms with Gasteiger partial charge in [-0.05, 0) is 29.7 Å². The second-order valence-corrected chi connectivity index (χ2v) is 8.18. The molecule has 4 rings (SSSR count). The number of carbonyl (C=O) groups is 1. The van der Waals surface area contributed by atoms with Gasteiger partial charge in [0.25, 0.3) is 5.91 Å². The summed E-state index contributed by atoms with van der Waals surface area (Å²) in [6, 6.07) is 11.2. The zero-order valence-corrected chi connectivity index (χ0v) is 17.0. The van der Waals surface area contributed by atoms with Gasteiger partial charge in [0, 0.05) is 30.7 Å². The van der Waals surface area contributed by atoms with Crippen LogP contribution in [0, 0.1) is 5.82 Å². The fourth-order valence-corrected chi connectivity index (χ4v) is 4.30. The van der Waals surface area contributed by atoms with E-state index in [-0.39, 0.29) is 24.5 Å². The van der Waals surface area contributed by atoms with Gasteiger partial charge in [-0.1, -0.05) is 40.2 Å². The van der Waals surface area contributed by atoms with Crippen molar-refractivity contribution in [1.82, 2.24) is 9.80 Å². The largest absolute Gasteiger partial charge is 0.491 e. The Morgan fingerprint density at radius 1 is 1.18 bits per heavy atom. The molecule has 1 atom stereocenters. The molecule has 0 unspecified atom stereocenters. The highest BCUT2D eigenvalue weighted by Crippen LogP contribution is 2.30. The van der Waals surface area contributed by atoms with Crippen molar-refractivity contribution in [2.45, 2.75) is 19.1 Å². The SMILES string of the molecule is O=C1c2c(F)cc(Br)cc2OCCN1C[C@H](O)CN1CCc2ccccc2C1. The number of ether oxygens (including phenoxy) is 1. The summed E-state index contributed by atoms with van der Waals surface area (Å²) in [6.45, 7) is 2.85. The van der Waals surface area contributed by atoms with Crippen LogP contribution in [0.15, 0.2) is 40.9 Å². The minimum atomic E-state index is -0.714. The summed E-state index contributed by atoms with van der Waals surface area (Å²) < 4.78 is 20.4. The van der Waals surface area contributed by atoms with Crippen LogP contribution < -0.4 is 4.74 Å². The number of halogens is 2. The van der Waals surface area contributed by atoms with E-state index in [2.05, 4.69) is 33.0 Å². The van der Waals surface area contributed by atoms with E-state index in [1.807, 2.05) is 12.1 Å². The topological polar surface area (TPSA) is 53.0 Å². The fraction of sp³-hybridized carbons (Fsp3) is 0.381. The maximum absolute atomic E-state index is 14.4. The van der Waals surface area contributed by atoms with Gasteiger partial charge in [0.2, 0.25) is 0 Å². The van der Waals surface area contributed by atoms with Crippen molar-refractivity contribution in [2.75, 3.05) is 32.8 Å². The van der Waals surface area contributed by atoms with E-state index in [0.29, 0.717) is 17.6 Å². The first kappa shape index (κ1) is 19.4. The highest BCUT2D eigenvalue weighted by molar-refractivity contribution is 9.10. The number of benzene rings is 2. The standard InChI is InChI=1S/C21H22BrFN2O3/c22-16-9-18(23)20-19(10-16)28-8-7-25(21(20)27)13-17(26)12-24-6-5-14-3-1-2-4-15(14)11-24/h1-4,9-10,17,26H,5-8,11-13H2/t17-/m1/s1. The Bertz CT molecular complexity index is 892. The maximum atomic E-state index is 14.4. The van der Waals surface area contributed by atoms with Crippen LogP contribution in [0.1, 0.15) is 21.5 Å². The van der Waals surface area contributed by atoms with Gasteiger partial charge in [-0.3, -0.25) is 9.69 Å². The van der Waals surface area contributed by atoms with Gasteiger partial charge in [-0.25, -0.2) is 4.39 Å². The monoisotopic (exact) mass is 448 g/mol. The number of aliphatic hydroxyl groups excluding tert-OH is 1. The molecule has 0 saturated heterocycles. The Labute approximate surface area is 171 Å². The lowest BCUT2D eigenvalue weighted by atomic mass is 10.00. The minimum Gasteiger partial charge on any atom is -0.491 e. The number of carbonyl (C=O) groups excluding carboxylic acids is 1. The van der Waals surface area contributed by atoms with Gasteiger partial charge in [-0.2, -0.15) is 0 Å². The summed E-state index contributed by atoms with van der Waals surface area (Å²) in [6.07, 6.45) is 0.238. The van der Waals surface area contributed by atoms with Crippen molar-refractivity contribution >= 4 is 21.8 Å². The van der Waals surface area contributed by atoms with Gasteiger partial charge in [-0.15, -0.1) is 0 Å². The van der Waals surface area contributed by atoms with Crippen LogP contribution in [-0.4, -0.2) is 59.7 Å². The molecule has 148 valence electrons. The van der Waals surface area contributed by atoms with E-state index in [4.69, 9.17) is 4.74 Å². The number of β-amino-alcohol motifs (C(OH)–C–C–N with tert-alkyl or cyclic N) is 1. The van der Waals surface area contributed by atoms with E-state index in [9.17, 15) is 14.3 Å². The molecule has 0 saturated carbocycles. The number of amides is 1. The van der Waals surface area contributed by atoms with Crippen LogP contribution in [0.25, 0.3) is 0 Å². The molecule has 1 N–H and O–H groups in total. The first-order chi connectivity index (χ1) is 13.5. The quantitative estimate of drug-likeness (QED) is 0.781. The Morgan fingerprint density at radius 3 is 2.79 bits per heavy atom. The third-order valence-corrected chi connectivity index (χ3v) is 5.71. The van der Waals surface area contributed by atoms with Crippen LogP contribution in [0.3, 0.4) is 0 Å². The first-order valence-electron chi connectivity index (χ1n) is 9.39. The maximum Gasteiger partial charge on any atom is 0.260 e. The van der Waals surface area contributed by atoms with Crippen LogP contribution in [-0.2, 0) is 13.0 Å². The van der Waals surface area contributed by atoms with Crippen molar-refractivity contribution in [2.24, 2.45) is 0 Å². The molecule has 2 aliphatic rings. The van der Waals surface area contributed by atoms with Crippen LogP contribution in [0.4, 0.5) is 4.39 Å². The Morgan fingerprint density at radius 2 is 1.96 bits per heavy atom. The third kappa shape index (κ3) is 4.06. The predicted molar refractivity (Wildman–Crippen MR) is 107 cm³/mol. The Kier molecular flexibility index (Phi) is 5.66. The number of rotatable bonds is 4. The van der Waals surface area contributed by atoms with E-state index in [0.717, 1.165) is 19.5 Å². The van der Waals surface area contributed by atoms with E-state index in [1.54, 1.807) is 6.07 Å². The molecule has 7 heteroatoms. The molecule has 1 amide bonds. The molecule has 0 radical (unpaired) electrons. The molecule has 28 heavy (non-hydrogen) atoms. The van der Waals surface area contributed by atoms with Gasteiger partial charge in [0.1, 0.15) is 23.7 Å². The third-order valence-electron chi connectivity index (χ3n) is 5.25. The van der Waals surface area contributed by atoms with E-state index >= 15 is 0 Å². The lowest BCUT2D eigenvalue weighted by Crippen LogP contribution is -2.44. The van der Waals surface area contributed by atoms with Crippen LogP contribution >= 0.6 is 15.9 Å². The molecule has 2 aromatic rings. The van der Waals surface area contributed by atoms with Gasteiger partial charge in [0.05, 0.1) is 12.6 Å². The fourth-order valence-electron chi connectivity index (χ4n) is 3.89. The van der Waals surface area contributed by atoms with E-state index < -0.39 is 17.8 Å². The smallest absolute Gasteiger partial charge is 0.260 e. The van der Waals surface area contributed by atoms with Gasteiger partial charge < -0.3 is 14.7 Å². The molecule has 0 spiro atoms. The highest BCUT2D eigenvalue weighted by atomic mass is 79.9. The van der Waals surface area contributed by atoms with Crippen molar-refractivity contribution in [1.29, 1.82) is 0 Å². The highest BCUT2D eigenvalue weighted by Gasteiger charge is 2.29. The second kappa shape index (κ2) is 8.19. The van der Waals surface area contributed by atoms with Gasteiger partial charge >= 0.3 is 0 Å². The summed E-state index contributed by atoms with van der Waals surface area (Å²) in [5, 5.41) is 10.6. The average molecular weight is 449 g/mol. The number of nitrogens with zero attached hydrogens (tertiary/aromatic N) is 2. The molecule has 5 nitrogen and oxygen atoms in total. The van der Waals surface area contributed by atoms with Crippen molar-refractivity contribution in [3.05, 3.63) is 63.4 Å². The summed E-state index contributed by atoms with van der Waals surface area (Å²) >= 11 is 3.22. The normalized spacial score (nSPS) is 18.1. The van der Waals surface area contributed by atoms with Gasteiger partial charge in [0.15, 0.2) is 0 Å². The summed E-state index contributed by atoms with van der Waals surface area (Å²) in [4.78, 5) is 16.5. The molecule has 0 aromatic heterocycles. The molecule has 2 aliphatic heterocycles. The lowest BCUT2D eigenvalue weighted by Gasteiger charge is -2.32. The summed E-state index contributed by atoms with van der Waals surface area (Å²) in [5.74, 6) is -0.828. The van der Waals surface area contributed by atoms with Crippen molar-refractivity contribution in [3.8, 4) is 5.75 Å². The number of hydrogen-bond donors (Lipinski definition) is 1. The molecular formula is C21H22BrFN2O3. The minimum absolute atomic E-state index is 0.0696. The Balaban J connectivity index is 1.42. The molecule has 0 bridgehead atoms. The zero-order chi connectivity index (χ0) is 19.7. The lowest BCUT2D eigenvalue weighted by molar-refractivity contribution is 0.0498. The van der Waals surface area contributed by atoms with E-state index in [1.165, 1.54) is 22.1 Å². The number of aliphatic hydroxyl groups is 1.